The van der Waals surface area contributed by atoms with Crippen LogP contribution in [0.2, 0.25) is 0 Å². The molecule has 2 heterocycles. The third-order valence-electron chi connectivity index (χ3n) is 9.30. The van der Waals surface area contributed by atoms with Gasteiger partial charge in [0.1, 0.15) is 0 Å². The second kappa shape index (κ2) is 14.7. The van der Waals surface area contributed by atoms with Crippen LogP contribution in [-0.2, 0) is 9.47 Å². The van der Waals surface area contributed by atoms with E-state index < -0.39 is 0 Å². The predicted molar refractivity (Wildman–Crippen MR) is 219 cm³/mol. The first-order valence-corrected chi connectivity index (χ1v) is 17.9. The van der Waals surface area contributed by atoms with E-state index in [4.69, 9.17) is 19.7 Å². The summed E-state index contributed by atoms with van der Waals surface area (Å²) < 4.78 is 12.2. The van der Waals surface area contributed by atoms with E-state index in [1.165, 1.54) is 0 Å². The Morgan fingerprint density at radius 1 is 0.352 bits per heavy atom. The summed E-state index contributed by atoms with van der Waals surface area (Å²) in [7, 11) is 0. The van der Waals surface area contributed by atoms with Gasteiger partial charge in [-0.2, -0.15) is 0 Å². The fourth-order valence-electron chi connectivity index (χ4n) is 6.66. The van der Waals surface area contributed by atoms with E-state index in [2.05, 4.69) is 155 Å². The molecule has 2 aliphatic rings. The Morgan fingerprint density at radius 2 is 0.667 bits per heavy atom. The summed E-state index contributed by atoms with van der Waals surface area (Å²) in [5.74, 6) is 1.09. The van der Waals surface area contributed by atoms with Gasteiger partial charge in [-0.25, -0.2) is 10.0 Å². The molecule has 0 aromatic heterocycles. The topological polar surface area (TPSA) is 56.1 Å². The second-order valence-corrected chi connectivity index (χ2v) is 12.8. The summed E-state index contributed by atoms with van der Waals surface area (Å²) in [6.07, 6.45) is 0. The molecule has 7 aromatic carbocycles. The number of rotatable bonds is 10. The average Bonchev–Trinajstić information content (AvgIpc) is 3.95. The summed E-state index contributed by atoms with van der Waals surface area (Å²) in [4.78, 5) is 4.47. The van der Waals surface area contributed by atoms with Crippen molar-refractivity contribution in [2.45, 2.75) is 0 Å². The molecule has 0 radical (unpaired) electrons. The number of hydrogen-bond donors (Lipinski definition) is 0. The number of anilines is 8. The van der Waals surface area contributed by atoms with Gasteiger partial charge in [-0.1, -0.05) is 78.9 Å². The SMILES string of the molecule is c1ccc(N(c2ccccc2)c2ccc(N3COC(c4cccc(C5=NN(c6ccc(N(c7ccccc7)c7ccccc7)cc6)CO5)c4)=N3)cc2)cc1. The third kappa shape index (κ3) is 6.71. The maximum Gasteiger partial charge on any atom is 0.240 e. The number of benzene rings is 7. The zero-order valence-corrected chi connectivity index (χ0v) is 29.4. The molecule has 0 bridgehead atoms. The van der Waals surface area contributed by atoms with E-state index in [1.807, 2.05) is 58.5 Å². The normalized spacial score (nSPS) is 13.5. The lowest BCUT2D eigenvalue weighted by atomic mass is 10.1. The lowest BCUT2D eigenvalue weighted by molar-refractivity contribution is 0.337. The molecule has 0 saturated carbocycles. The molecule has 0 amide bonds. The van der Waals surface area contributed by atoms with Gasteiger partial charge in [-0.15, -0.1) is 10.2 Å². The zero-order chi connectivity index (χ0) is 36.1. The maximum absolute atomic E-state index is 6.10. The molecular formula is C46H36N6O2. The van der Waals surface area contributed by atoms with Gasteiger partial charge in [-0.3, -0.25) is 0 Å². The highest BCUT2D eigenvalue weighted by molar-refractivity contribution is 6.01. The van der Waals surface area contributed by atoms with Crippen LogP contribution in [0.3, 0.4) is 0 Å². The highest BCUT2D eigenvalue weighted by Gasteiger charge is 2.23. The Morgan fingerprint density at radius 3 is 1.00 bits per heavy atom. The van der Waals surface area contributed by atoms with E-state index >= 15 is 0 Å². The Balaban J connectivity index is 0.909. The van der Waals surface area contributed by atoms with Crippen LogP contribution in [0.1, 0.15) is 11.1 Å². The van der Waals surface area contributed by atoms with Crippen LogP contribution in [-0.4, -0.2) is 25.3 Å². The molecule has 7 aromatic rings. The molecule has 0 saturated heterocycles. The number of hydrazone groups is 2. The van der Waals surface area contributed by atoms with Gasteiger partial charge in [-0.05, 0) is 115 Å². The van der Waals surface area contributed by atoms with E-state index in [1.54, 1.807) is 0 Å². The minimum Gasteiger partial charge on any atom is -0.453 e. The average molecular weight is 705 g/mol. The van der Waals surface area contributed by atoms with Crippen molar-refractivity contribution in [1.29, 1.82) is 0 Å². The Labute approximate surface area is 314 Å². The predicted octanol–water partition coefficient (Wildman–Crippen LogP) is 10.9. The number of ether oxygens (including phenoxy) is 2. The highest BCUT2D eigenvalue weighted by Crippen LogP contribution is 2.37. The number of hydrogen-bond acceptors (Lipinski definition) is 8. The van der Waals surface area contributed by atoms with Crippen molar-refractivity contribution in [2.75, 3.05) is 33.3 Å². The molecule has 8 nitrogen and oxygen atoms in total. The van der Waals surface area contributed by atoms with Gasteiger partial charge in [0.25, 0.3) is 0 Å². The first-order valence-electron chi connectivity index (χ1n) is 17.9. The Bertz CT molecular complexity index is 2140. The Kier molecular flexibility index (Phi) is 8.89. The van der Waals surface area contributed by atoms with Crippen LogP contribution in [0.5, 0.6) is 0 Å². The lowest BCUT2D eigenvalue weighted by Crippen LogP contribution is -2.13. The summed E-state index contributed by atoms with van der Waals surface area (Å²) in [6, 6.07) is 66.2. The van der Waals surface area contributed by atoms with Crippen LogP contribution in [0.15, 0.2) is 204 Å². The first kappa shape index (κ1) is 32.6. The molecule has 9 rings (SSSR count). The van der Waals surface area contributed by atoms with Gasteiger partial charge in [0.15, 0.2) is 13.5 Å². The van der Waals surface area contributed by atoms with Crippen molar-refractivity contribution in [3.8, 4) is 0 Å². The highest BCUT2D eigenvalue weighted by atomic mass is 16.5. The molecule has 0 aliphatic carbocycles. The number of para-hydroxylation sites is 4. The number of nitrogens with zero attached hydrogens (tertiary/aromatic N) is 6. The molecule has 8 heteroatoms. The standard InChI is InChI=1S/C46H36N6O2/c1-5-16-39(17-6-1)51(40-18-7-2-8-19-40)43-28-24-37(25-29-43)49-33-53-45(47-49)35-14-13-15-36(32-35)46-48-50(34-54-46)38-26-30-44(31-27-38)52(41-20-9-3-10-21-41)42-22-11-4-12-23-42/h1-32H,33-34H2. The third-order valence-corrected chi connectivity index (χ3v) is 9.30. The van der Waals surface area contributed by atoms with Crippen molar-refractivity contribution < 1.29 is 9.47 Å². The quantitative estimate of drug-likeness (QED) is 0.141. The van der Waals surface area contributed by atoms with E-state index in [0.717, 1.165) is 56.6 Å². The van der Waals surface area contributed by atoms with Gasteiger partial charge in [0.2, 0.25) is 11.8 Å². The molecule has 0 spiro atoms. The summed E-state index contributed by atoms with van der Waals surface area (Å²) >= 11 is 0. The molecule has 2 aliphatic heterocycles. The zero-order valence-electron chi connectivity index (χ0n) is 29.4. The van der Waals surface area contributed by atoms with Crippen molar-refractivity contribution >= 4 is 57.3 Å². The van der Waals surface area contributed by atoms with Crippen LogP contribution in [0, 0.1) is 0 Å². The van der Waals surface area contributed by atoms with E-state index in [0.29, 0.717) is 25.3 Å². The molecule has 0 unspecified atom stereocenters. The first-order chi connectivity index (χ1) is 26.8. The van der Waals surface area contributed by atoms with Gasteiger partial charge in [0, 0.05) is 45.3 Å². The van der Waals surface area contributed by atoms with Crippen molar-refractivity contribution in [1.82, 2.24) is 0 Å². The minimum absolute atomic E-state index is 0.313. The second-order valence-electron chi connectivity index (χ2n) is 12.8. The summed E-state index contributed by atoms with van der Waals surface area (Å²) in [5.41, 5.74) is 10.0. The van der Waals surface area contributed by atoms with Gasteiger partial charge >= 0.3 is 0 Å². The molecule has 0 atom stereocenters. The molecule has 0 N–H and O–H groups in total. The fourth-order valence-corrected chi connectivity index (χ4v) is 6.66. The van der Waals surface area contributed by atoms with Gasteiger partial charge < -0.3 is 19.3 Å². The van der Waals surface area contributed by atoms with Crippen LogP contribution in [0.4, 0.5) is 45.5 Å². The largest absolute Gasteiger partial charge is 0.453 e. The van der Waals surface area contributed by atoms with Crippen LogP contribution >= 0.6 is 0 Å². The van der Waals surface area contributed by atoms with E-state index in [-0.39, 0.29) is 0 Å². The minimum atomic E-state index is 0.313. The molecule has 262 valence electrons. The Hall–Kier alpha value is -7.32. The van der Waals surface area contributed by atoms with E-state index in [9.17, 15) is 0 Å². The van der Waals surface area contributed by atoms with Gasteiger partial charge in [0.05, 0.1) is 11.4 Å². The smallest absolute Gasteiger partial charge is 0.240 e. The van der Waals surface area contributed by atoms with Crippen LogP contribution < -0.4 is 19.8 Å². The van der Waals surface area contributed by atoms with Crippen molar-refractivity contribution in [2.24, 2.45) is 10.2 Å². The molecule has 0 fully saturated rings. The molecule has 54 heavy (non-hydrogen) atoms. The van der Waals surface area contributed by atoms with Crippen molar-refractivity contribution in [3.05, 3.63) is 205 Å². The summed E-state index contributed by atoms with van der Waals surface area (Å²) in [6.45, 7) is 0.625. The fraction of sp³-hybridized carbons (Fsp3) is 0.0435. The van der Waals surface area contributed by atoms with Crippen LogP contribution in [0.25, 0.3) is 0 Å². The monoisotopic (exact) mass is 704 g/mol. The van der Waals surface area contributed by atoms with Crippen molar-refractivity contribution in [3.63, 3.8) is 0 Å². The summed E-state index contributed by atoms with van der Waals surface area (Å²) in [5, 5.41) is 13.4. The maximum atomic E-state index is 6.10. The lowest BCUT2D eigenvalue weighted by Gasteiger charge is -2.25. The molecular weight excluding hydrogens is 669 g/mol.